The number of nitrogens with one attached hydrogen (secondary N) is 2. The van der Waals surface area contributed by atoms with Gasteiger partial charge < -0.3 is 10.6 Å². The van der Waals surface area contributed by atoms with Crippen LogP contribution in [0, 0.1) is 11.7 Å². The first-order chi connectivity index (χ1) is 9.22. The summed E-state index contributed by atoms with van der Waals surface area (Å²) >= 11 is 0. The molecule has 0 spiro atoms. The van der Waals surface area contributed by atoms with Crippen molar-refractivity contribution in [3.8, 4) is 0 Å². The van der Waals surface area contributed by atoms with E-state index in [9.17, 15) is 4.39 Å². The third-order valence-corrected chi connectivity index (χ3v) is 3.42. The summed E-state index contributed by atoms with van der Waals surface area (Å²) in [6, 6.07) is 1.74. The van der Waals surface area contributed by atoms with E-state index in [2.05, 4.69) is 36.4 Å². The lowest BCUT2D eigenvalue weighted by molar-refractivity contribution is 0.514. The fourth-order valence-corrected chi connectivity index (χ4v) is 1.96. The van der Waals surface area contributed by atoms with Gasteiger partial charge in [-0.2, -0.15) is 0 Å². The molecule has 1 aromatic heterocycles. The third-order valence-electron chi connectivity index (χ3n) is 3.42. The van der Waals surface area contributed by atoms with Crippen molar-refractivity contribution in [1.29, 1.82) is 0 Å². The number of rotatable bonds is 9. The molecular weight excluding hydrogens is 241 g/mol. The molecule has 0 aromatic carbocycles. The molecular formula is C15H26FN3. The van der Waals surface area contributed by atoms with Crippen molar-refractivity contribution in [3.05, 3.63) is 23.6 Å². The zero-order chi connectivity index (χ0) is 14.1. The Morgan fingerprint density at radius 3 is 2.63 bits per heavy atom. The van der Waals surface area contributed by atoms with E-state index in [4.69, 9.17) is 0 Å². The lowest BCUT2D eigenvalue weighted by Crippen LogP contribution is -2.18. The van der Waals surface area contributed by atoms with Crippen molar-refractivity contribution in [2.24, 2.45) is 5.92 Å². The predicted octanol–water partition coefficient (Wildman–Crippen LogP) is 3.57. The summed E-state index contributed by atoms with van der Waals surface area (Å²) in [5, 5.41) is 6.34. The van der Waals surface area contributed by atoms with E-state index in [1.807, 2.05) is 0 Å². The number of nitrogens with zero attached hydrogens (tertiary/aromatic N) is 1. The maximum atomic E-state index is 14.2. The highest BCUT2D eigenvalue weighted by atomic mass is 19.1. The van der Waals surface area contributed by atoms with Gasteiger partial charge in [-0.3, -0.25) is 0 Å². The second-order valence-electron chi connectivity index (χ2n) is 4.87. The topological polar surface area (TPSA) is 37.0 Å². The first-order valence-corrected chi connectivity index (χ1v) is 7.30. The van der Waals surface area contributed by atoms with Crippen LogP contribution in [0.5, 0.6) is 0 Å². The van der Waals surface area contributed by atoms with Crippen LogP contribution in [0.3, 0.4) is 0 Å². The maximum Gasteiger partial charge on any atom is 0.169 e. The molecule has 0 unspecified atom stereocenters. The number of pyridine rings is 1. The summed E-state index contributed by atoms with van der Waals surface area (Å²) in [6.45, 7) is 8.65. The highest BCUT2D eigenvalue weighted by Crippen LogP contribution is 2.16. The molecule has 0 saturated heterocycles. The minimum Gasteiger partial charge on any atom is -0.367 e. The van der Waals surface area contributed by atoms with Gasteiger partial charge in [-0.1, -0.05) is 33.6 Å². The Bertz CT molecular complexity index is 364. The third kappa shape index (κ3) is 5.15. The normalized spacial score (nSPS) is 11.0. The van der Waals surface area contributed by atoms with E-state index in [0.29, 0.717) is 23.8 Å². The van der Waals surface area contributed by atoms with Gasteiger partial charge in [-0.15, -0.1) is 0 Å². The van der Waals surface area contributed by atoms with Crippen molar-refractivity contribution in [2.75, 3.05) is 18.4 Å². The fourth-order valence-electron chi connectivity index (χ4n) is 1.96. The van der Waals surface area contributed by atoms with Crippen LogP contribution in [0.2, 0.25) is 0 Å². The molecule has 2 N–H and O–H groups in total. The van der Waals surface area contributed by atoms with Crippen molar-refractivity contribution >= 4 is 5.82 Å². The number of hydrogen-bond donors (Lipinski definition) is 2. The molecule has 1 rings (SSSR count). The first kappa shape index (κ1) is 15.9. The van der Waals surface area contributed by atoms with Crippen LogP contribution < -0.4 is 10.6 Å². The number of hydrogen-bond acceptors (Lipinski definition) is 3. The molecule has 1 heterocycles. The summed E-state index contributed by atoms with van der Waals surface area (Å²) in [7, 11) is 0. The van der Waals surface area contributed by atoms with Crippen LogP contribution in [0.1, 0.15) is 45.6 Å². The molecule has 0 atom stereocenters. The van der Waals surface area contributed by atoms with E-state index in [1.165, 1.54) is 0 Å². The first-order valence-electron chi connectivity index (χ1n) is 7.30. The molecule has 0 saturated carbocycles. The monoisotopic (exact) mass is 267 g/mol. The maximum absolute atomic E-state index is 14.2. The van der Waals surface area contributed by atoms with Gasteiger partial charge in [0.1, 0.15) is 0 Å². The van der Waals surface area contributed by atoms with Gasteiger partial charge in [-0.25, -0.2) is 9.37 Å². The van der Waals surface area contributed by atoms with E-state index < -0.39 is 0 Å². The molecule has 3 nitrogen and oxygen atoms in total. The standard InChI is InChI=1S/C15H26FN3/c1-4-8-17-11-13-7-9-18-15(14(13)16)19-10-12(5-2)6-3/h7,9,12,17H,4-6,8,10-11H2,1-3H3,(H,18,19). The summed E-state index contributed by atoms with van der Waals surface area (Å²) in [5.41, 5.74) is 0.676. The van der Waals surface area contributed by atoms with Gasteiger partial charge in [0.05, 0.1) is 0 Å². The molecule has 0 aliphatic carbocycles. The Labute approximate surface area is 116 Å². The molecule has 0 radical (unpaired) electrons. The highest BCUT2D eigenvalue weighted by molar-refractivity contribution is 5.39. The van der Waals surface area contributed by atoms with Crippen LogP contribution in [0.15, 0.2) is 12.3 Å². The largest absolute Gasteiger partial charge is 0.367 e. The molecule has 0 aliphatic rings. The Kier molecular flexibility index (Phi) is 7.41. The van der Waals surface area contributed by atoms with Crippen LogP contribution in [-0.2, 0) is 6.54 Å². The molecule has 1 aromatic rings. The quantitative estimate of drug-likeness (QED) is 0.672. The van der Waals surface area contributed by atoms with Crippen LogP contribution >= 0.6 is 0 Å². The zero-order valence-corrected chi connectivity index (χ0v) is 12.3. The number of anilines is 1. The summed E-state index contributed by atoms with van der Waals surface area (Å²) < 4.78 is 14.2. The van der Waals surface area contributed by atoms with Crippen molar-refractivity contribution in [3.63, 3.8) is 0 Å². The lowest BCUT2D eigenvalue weighted by Gasteiger charge is -2.15. The van der Waals surface area contributed by atoms with Crippen molar-refractivity contribution in [2.45, 2.75) is 46.6 Å². The van der Waals surface area contributed by atoms with E-state index >= 15 is 0 Å². The second-order valence-corrected chi connectivity index (χ2v) is 4.87. The van der Waals surface area contributed by atoms with Crippen LogP contribution in [0.25, 0.3) is 0 Å². The van der Waals surface area contributed by atoms with Gasteiger partial charge >= 0.3 is 0 Å². The molecule has 0 amide bonds. The predicted molar refractivity (Wildman–Crippen MR) is 78.8 cm³/mol. The molecule has 0 bridgehead atoms. The second kappa shape index (κ2) is 8.86. The average molecular weight is 267 g/mol. The number of aromatic nitrogens is 1. The summed E-state index contributed by atoms with van der Waals surface area (Å²) in [4.78, 5) is 4.09. The lowest BCUT2D eigenvalue weighted by atomic mass is 10.0. The Balaban J connectivity index is 2.60. The minimum absolute atomic E-state index is 0.225. The van der Waals surface area contributed by atoms with E-state index in [-0.39, 0.29) is 5.82 Å². The average Bonchev–Trinajstić information content (AvgIpc) is 2.43. The fraction of sp³-hybridized carbons (Fsp3) is 0.667. The van der Waals surface area contributed by atoms with E-state index in [0.717, 1.165) is 32.4 Å². The highest BCUT2D eigenvalue weighted by Gasteiger charge is 2.10. The van der Waals surface area contributed by atoms with Gasteiger partial charge in [0.2, 0.25) is 0 Å². The van der Waals surface area contributed by atoms with Crippen molar-refractivity contribution < 1.29 is 4.39 Å². The Morgan fingerprint density at radius 1 is 1.26 bits per heavy atom. The Morgan fingerprint density at radius 2 is 2.00 bits per heavy atom. The molecule has 0 fully saturated rings. The van der Waals surface area contributed by atoms with Crippen molar-refractivity contribution in [1.82, 2.24) is 10.3 Å². The number of halogens is 1. The van der Waals surface area contributed by atoms with Crippen LogP contribution in [-0.4, -0.2) is 18.1 Å². The van der Waals surface area contributed by atoms with Gasteiger partial charge in [-0.05, 0) is 24.9 Å². The molecule has 4 heteroatoms. The summed E-state index contributed by atoms with van der Waals surface area (Å²) in [5.74, 6) is 0.725. The zero-order valence-electron chi connectivity index (χ0n) is 12.3. The van der Waals surface area contributed by atoms with Crippen LogP contribution in [0.4, 0.5) is 10.2 Å². The minimum atomic E-state index is -0.225. The van der Waals surface area contributed by atoms with Gasteiger partial charge in [0.15, 0.2) is 11.6 Å². The summed E-state index contributed by atoms with van der Waals surface area (Å²) in [6.07, 6.45) is 4.92. The smallest absolute Gasteiger partial charge is 0.169 e. The van der Waals surface area contributed by atoms with E-state index in [1.54, 1.807) is 12.3 Å². The molecule has 19 heavy (non-hydrogen) atoms. The SMILES string of the molecule is CCCNCc1ccnc(NCC(CC)CC)c1F. The Hall–Kier alpha value is -1.16. The molecule has 0 aliphatic heterocycles. The van der Waals surface area contributed by atoms with Gasteiger partial charge in [0.25, 0.3) is 0 Å². The van der Waals surface area contributed by atoms with Gasteiger partial charge in [0, 0.05) is 24.8 Å². The molecule has 108 valence electrons.